The molecule has 1 N–H and O–H groups in total. The van der Waals surface area contributed by atoms with Crippen LogP contribution in [0.2, 0.25) is 0 Å². The molecule has 0 aromatic carbocycles. The number of hydrogen-bond acceptors (Lipinski definition) is 4. The minimum atomic E-state index is 0.335. The number of hydrogen-bond donors (Lipinski definition) is 1. The van der Waals surface area contributed by atoms with Crippen LogP contribution in [0.3, 0.4) is 0 Å². The van der Waals surface area contributed by atoms with Crippen LogP contribution in [0.25, 0.3) is 0 Å². The van der Waals surface area contributed by atoms with E-state index in [1.807, 2.05) is 6.07 Å². The van der Waals surface area contributed by atoms with E-state index in [1.165, 1.54) is 25.7 Å². The molecule has 0 aliphatic heterocycles. The van der Waals surface area contributed by atoms with Gasteiger partial charge in [0.15, 0.2) is 0 Å². The summed E-state index contributed by atoms with van der Waals surface area (Å²) in [6.45, 7) is 3.07. The lowest BCUT2D eigenvalue weighted by Crippen LogP contribution is -2.16. The summed E-state index contributed by atoms with van der Waals surface area (Å²) in [4.78, 5) is 8.39. The first kappa shape index (κ1) is 13.1. The van der Waals surface area contributed by atoms with E-state index < -0.39 is 0 Å². The van der Waals surface area contributed by atoms with Crippen molar-refractivity contribution < 1.29 is 4.74 Å². The Morgan fingerprint density at radius 2 is 2.00 bits per heavy atom. The molecule has 1 aliphatic rings. The molecule has 0 spiro atoms. The highest BCUT2D eigenvalue weighted by molar-refractivity contribution is 5.36. The van der Waals surface area contributed by atoms with Crippen molar-refractivity contribution in [2.75, 3.05) is 11.9 Å². The summed E-state index contributed by atoms with van der Waals surface area (Å²) in [6.07, 6.45) is 10.5. The maximum atomic E-state index is 5.96. The molecule has 1 aromatic heterocycles. The van der Waals surface area contributed by atoms with Gasteiger partial charge in [0.2, 0.25) is 5.88 Å². The van der Waals surface area contributed by atoms with E-state index in [9.17, 15) is 0 Å². The van der Waals surface area contributed by atoms with Crippen LogP contribution in [-0.4, -0.2) is 22.6 Å². The Bertz CT molecular complexity index is 349. The Labute approximate surface area is 109 Å². The second-order valence-corrected chi connectivity index (χ2v) is 4.90. The van der Waals surface area contributed by atoms with E-state index in [1.54, 1.807) is 6.33 Å². The number of rotatable bonds is 5. The first-order valence-corrected chi connectivity index (χ1v) is 7.11. The molecular formula is C14H23N3O. The average Bonchev–Trinajstić information content (AvgIpc) is 2.65. The van der Waals surface area contributed by atoms with Crippen molar-refractivity contribution >= 4 is 5.82 Å². The molecule has 1 aliphatic carbocycles. The largest absolute Gasteiger partial charge is 0.474 e. The fourth-order valence-electron chi connectivity index (χ4n) is 2.28. The van der Waals surface area contributed by atoms with Crippen LogP contribution >= 0.6 is 0 Å². The highest BCUT2D eigenvalue weighted by Crippen LogP contribution is 2.22. The minimum Gasteiger partial charge on any atom is -0.474 e. The van der Waals surface area contributed by atoms with Crippen molar-refractivity contribution in [2.24, 2.45) is 0 Å². The Morgan fingerprint density at radius 3 is 2.72 bits per heavy atom. The van der Waals surface area contributed by atoms with Crippen LogP contribution in [0.4, 0.5) is 5.82 Å². The monoisotopic (exact) mass is 249 g/mol. The SMILES string of the molecule is CCCNc1cc(OC2CCCCCC2)ncn1. The molecule has 0 unspecified atom stereocenters. The van der Waals surface area contributed by atoms with Gasteiger partial charge in [0.25, 0.3) is 0 Å². The molecule has 0 atom stereocenters. The summed E-state index contributed by atoms with van der Waals surface area (Å²) in [6, 6.07) is 1.90. The molecule has 2 rings (SSSR count). The molecule has 1 aromatic rings. The zero-order valence-corrected chi connectivity index (χ0v) is 11.2. The predicted octanol–water partition coefficient (Wildman–Crippen LogP) is 3.40. The maximum Gasteiger partial charge on any atom is 0.218 e. The molecule has 1 saturated carbocycles. The van der Waals surface area contributed by atoms with Gasteiger partial charge in [0.05, 0.1) is 0 Å². The van der Waals surface area contributed by atoms with Crippen molar-refractivity contribution in [3.05, 3.63) is 12.4 Å². The average molecular weight is 249 g/mol. The lowest BCUT2D eigenvalue weighted by molar-refractivity contribution is 0.176. The molecule has 0 bridgehead atoms. The third-order valence-electron chi connectivity index (χ3n) is 3.29. The highest BCUT2D eigenvalue weighted by atomic mass is 16.5. The summed E-state index contributed by atoms with van der Waals surface area (Å²) in [5.74, 6) is 1.56. The van der Waals surface area contributed by atoms with E-state index in [4.69, 9.17) is 4.74 Å². The Kier molecular flexibility index (Phi) is 5.24. The zero-order valence-electron chi connectivity index (χ0n) is 11.2. The van der Waals surface area contributed by atoms with Gasteiger partial charge in [-0.2, -0.15) is 0 Å². The van der Waals surface area contributed by atoms with E-state index in [0.717, 1.165) is 31.6 Å². The van der Waals surface area contributed by atoms with Crippen molar-refractivity contribution in [3.8, 4) is 5.88 Å². The van der Waals surface area contributed by atoms with Crippen LogP contribution < -0.4 is 10.1 Å². The number of aromatic nitrogens is 2. The van der Waals surface area contributed by atoms with E-state index in [0.29, 0.717) is 12.0 Å². The number of nitrogens with zero attached hydrogens (tertiary/aromatic N) is 2. The van der Waals surface area contributed by atoms with Gasteiger partial charge < -0.3 is 10.1 Å². The van der Waals surface area contributed by atoms with Gasteiger partial charge in [-0.15, -0.1) is 0 Å². The molecule has 4 heteroatoms. The van der Waals surface area contributed by atoms with Crippen molar-refractivity contribution in [2.45, 2.75) is 58.0 Å². The summed E-state index contributed by atoms with van der Waals surface area (Å²) >= 11 is 0. The first-order chi connectivity index (χ1) is 8.88. The fraction of sp³-hybridized carbons (Fsp3) is 0.714. The summed E-state index contributed by atoms with van der Waals surface area (Å²) in [7, 11) is 0. The third-order valence-corrected chi connectivity index (χ3v) is 3.29. The summed E-state index contributed by atoms with van der Waals surface area (Å²) in [5.41, 5.74) is 0. The lowest BCUT2D eigenvalue weighted by Gasteiger charge is -2.16. The summed E-state index contributed by atoms with van der Waals surface area (Å²) < 4.78 is 5.96. The Hall–Kier alpha value is -1.32. The van der Waals surface area contributed by atoms with Gasteiger partial charge >= 0.3 is 0 Å². The number of anilines is 1. The van der Waals surface area contributed by atoms with Gasteiger partial charge in [-0.1, -0.05) is 19.8 Å². The molecular weight excluding hydrogens is 226 g/mol. The zero-order chi connectivity index (χ0) is 12.6. The molecule has 0 amide bonds. The molecule has 0 radical (unpaired) electrons. The topological polar surface area (TPSA) is 47.0 Å². The van der Waals surface area contributed by atoms with Crippen molar-refractivity contribution in [1.82, 2.24) is 9.97 Å². The van der Waals surface area contributed by atoms with Crippen LogP contribution in [-0.2, 0) is 0 Å². The normalized spacial score (nSPS) is 17.2. The number of nitrogens with one attached hydrogen (secondary N) is 1. The van der Waals surface area contributed by atoms with E-state index in [-0.39, 0.29) is 0 Å². The van der Waals surface area contributed by atoms with Crippen LogP contribution in [0.15, 0.2) is 12.4 Å². The molecule has 4 nitrogen and oxygen atoms in total. The van der Waals surface area contributed by atoms with Gasteiger partial charge in [-0.05, 0) is 32.1 Å². The molecule has 1 fully saturated rings. The van der Waals surface area contributed by atoms with Crippen LogP contribution in [0, 0.1) is 0 Å². The standard InChI is InChI=1S/C14H23N3O/c1-2-9-15-13-10-14(17-11-16-13)18-12-7-5-3-4-6-8-12/h10-12H,2-9H2,1H3,(H,15,16,17). The smallest absolute Gasteiger partial charge is 0.218 e. The highest BCUT2D eigenvalue weighted by Gasteiger charge is 2.14. The second-order valence-electron chi connectivity index (χ2n) is 4.90. The molecule has 100 valence electrons. The van der Waals surface area contributed by atoms with E-state index >= 15 is 0 Å². The minimum absolute atomic E-state index is 0.335. The fourth-order valence-corrected chi connectivity index (χ4v) is 2.28. The lowest BCUT2D eigenvalue weighted by atomic mass is 10.1. The Balaban J connectivity index is 1.91. The van der Waals surface area contributed by atoms with Gasteiger partial charge in [-0.3, -0.25) is 0 Å². The first-order valence-electron chi connectivity index (χ1n) is 7.11. The van der Waals surface area contributed by atoms with Gasteiger partial charge in [0.1, 0.15) is 18.2 Å². The predicted molar refractivity (Wildman–Crippen MR) is 72.9 cm³/mol. The van der Waals surface area contributed by atoms with E-state index in [2.05, 4.69) is 22.2 Å². The maximum absolute atomic E-state index is 5.96. The van der Waals surface area contributed by atoms with Crippen molar-refractivity contribution in [3.63, 3.8) is 0 Å². The van der Waals surface area contributed by atoms with Crippen LogP contribution in [0.1, 0.15) is 51.9 Å². The van der Waals surface area contributed by atoms with Gasteiger partial charge in [0, 0.05) is 12.6 Å². The Morgan fingerprint density at radius 1 is 1.22 bits per heavy atom. The van der Waals surface area contributed by atoms with Crippen LogP contribution in [0.5, 0.6) is 5.88 Å². The van der Waals surface area contributed by atoms with Crippen molar-refractivity contribution in [1.29, 1.82) is 0 Å². The third kappa shape index (κ3) is 4.17. The molecule has 0 saturated heterocycles. The molecule has 18 heavy (non-hydrogen) atoms. The quantitative estimate of drug-likeness (QED) is 0.812. The summed E-state index contributed by atoms with van der Waals surface area (Å²) in [5, 5.41) is 3.25. The van der Waals surface area contributed by atoms with Gasteiger partial charge in [-0.25, -0.2) is 9.97 Å². The molecule has 1 heterocycles. The second kappa shape index (κ2) is 7.19. The number of ether oxygens (including phenoxy) is 1.